The molecule has 3 nitrogen and oxygen atoms in total. The molecule has 4 heteroatoms. The molecule has 0 radical (unpaired) electrons. The second-order valence-corrected chi connectivity index (χ2v) is 3.04. The number of halogens is 1. The average molecular weight is 193 g/mol. The first-order chi connectivity index (χ1) is 5.44. The van der Waals surface area contributed by atoms with E-state index in [4.69, 9.17) is 16.3 Å². The van der Waals surface area contributed by atoms with Gasteiger partial charge in [0.05, 0.1) is 5.88 Å². The molecule has 0 saturated carbocycles. The van der Waals surface area contributed by atoms with Crippen molar-refractivity contribution in [3.63, 3.8) is 0 Å². The van der Waals surface area contributed by atoms with Crippen LogP contribution in [0.4, 0.5) is 0 Å². The molecular weight excluding hydrogens is 180 g/mol. The minimum Gasteiger partial charge on any atom is -0.456 e. The SMILES string of the molecule is C=CC(=O)OC(C)C(C)(O)CCl. The zero-order chi connectivity index (χ0) is 9.78. The molecule has 0 aromatic carbocycles. The highest BCUT2D eigenvalue weighted by atomic mass is 35.5. The van der Waals surface area contributed by atoms with Crippen LogP contribution in [0.3, 0.4) is 0 Å². The van der Waals surface area contributed by atoms with E-state index in [1.54, 1.807) is 6.92 Å². The molecule has 2 atom stereocenters. The minimum atomic E-state index is -1.19. The first kappa shape index (κ1) is 11.5. The number of carbonyl (C=O) groups is 1. The van der Waals surface area contributed by atoms with E-state index >= 15 is 0 Å². The fourth-order valence-corrected chi connectivity index (χ4v) is 0.675. The predicted molar refractivity (Wildman–Crippen MR) is 47.1 cm³/mol. The van der Waals surface area contributed by atoms with Crippen molar-refractivity contribution < 1.29 is 14.6 Å². The molecule has 0 aliphatic carbocycles. The minimum absolute atomic E-state index is 0.0125. The Hall–Kier alpha value is -0.540. The second kappa shape index (κ2) is 4.48. The van der Waals surface area contributed by atoms with Gasteiger partial charge < -0.3 is 9.84 Å². The highest BCUT2D eigenvalue weighted by Crippen LogP contribution is 2.14. The van der Waals surface area contributed by atoms with Crippen LogP contribution in [0.2, 0.25) is 0 Å². The Balaban J connectivity index is 4.11. The maximum atomic E-state index is 10.7. The zero-order valence-electron chi connectivity index (χ0n) is 7.21. The van der Waals surface area contributed by atoms with Gasteiger partial charge in [-0.25, -0.2) is 4.79 Å². The van der Waals surface area contributed by atoms with Gasteiger partial charge in [0.2, 0.25) is 0 Å². The first-order valence-corrected chi connectivity index (χ1v) is 4.09. The second-order valence-electron chi connectivity index (χ2n) is 2.77. The van der Waals surface area contributed by atoms with Crippen LogP contribution >= 0.6 is 11.6 Å². The van der Waals surface area contributed by atoms with E-state index in [1.165, 1.54) is 6.92 Å². The van der Waals surface area contributed by atoms with Crippen LogP contribution in [0.5, 0.6) is 0 Å². The maximum Gasteiger partial charge on any atom is 0.330 e. The highest BCUT2D eigenvalue weighted by molar-refractivity contribution is 6.18. The first-order valence-electron chi connectivity index (χ1n) is 3.55. The van der Waals surface area contributed by atoms with E-state index in [-0.39, 0.29) is 5.88 Å². The topological polar surface area (TPSA) is 46.5 Å². The van der Waals surface area contributed by atoms with Gasteiger partial charge >= 0.3 is 5.97 Å². The van der Waals surface area contributed by atoms with Crippen LogP contribution < -0.4 is 0 Å². The summed E-state index contributed by atoms with van der Waals surface area (Å²) in [7, 11) is 0. The lowest BCUT2D eigenvalue weighted by atomic mass is 10.0. The monoisotopic (exact) mass is 192 g/mol. The predicted octanol–water partition coefficient (Wildman–Crippen LogP) is 1.09. The summed E-state index contributed by atoms with van der Waals surface area (Å²) in [5.41, 5.74) is -1.19. The van der Waals surface area contributed by atoms with E-state index in [1.807, 2.05) is 0 Å². The van der Waals surface area contributed by atoms with Gasteiger partial charge in [-0.1, -0.05) is 6.58 Å². The summed E-state index contributed by atoms with van der Waals surface area (Å²) >= 11 is 5.45. The summed E-state index contributed by atoms with van der Waals surface area (Å²) < 4.78 is 4.76. The molecule has 1 N–H and O–H groups in total. The van der Waals surface area contributed by atoms with Gasteiger partial charge in [0.1, 0.15) is 11.7 Å². The fourth-order valence-electron chi connectivity index (χ4n) is 0.458. The standard InChI is InChI=1S/C8H13ClO3/c1-4-7(10)12-6(2)8(3,11)5-9/h4,6,11H,1,5H2,2-3H3. The van der Waals surface area contributed by atoms with Gasteiger partial charge in [-0.3, -0.25) is 0 Å². The van der Waals surface area contributed by atoms with Crippen LogP contribution in [0.1, 0.15) is 13.8 Å². The van der Waals surface area contributed by atoms with Crippen molar-refractivity contribution in [2.24, 2.45) is 0 Å². The van der Waals surface area contributed by atoms with Crippen molar-refractivity contribution >= 4 is 17.6 Å². The van der Waals surface area contributed by atoms with Crippen molar-refractivity contribution in [2.75, 3.05) is 5.88 Å². The molecule has 0 aromatic heterocycles. The number of rotatable bonds is 4. The molecule has 0 amide bonds. The van der Waals surface area contributed by atoms with E-state index in [0.717, 1.165) is 6.08 Å². The third-order valence-corrected chi connectivity index (χ3v) is 2.15. The molecule has 70 valence electrons. The van der Waals surface area contributed by atoms with Crippen molar-refractivity contribution in [2.45, 2.75) is 25.6 Å². The molecule has 0 saturated heterocycles. The van der Waals surface area contributed by atoms with Crippen LogP contribution in [0, 0.1) is 0 Å². The molecule has 0 bridgehead atoms. The van der Waals surface area contributed by atoms with E-state index in [0.29, 0.717) is 0 Å². The molecule has 0 spiro atoms. The van der Waals surface area contributed by atoms with E-state index in [2.05, 4.69) is 6.58 Å². The van der Waals surface area contributed by atoms with Crippen LogP contribution in [0.25, 0.3) is 0 Å². The normalized spacial score (nSPS) is 17.7. The van der Waals surface area contributed by atoms with Crippen LogP contribution in [-0.4, -0.2) is 28.7 Å². The summed E-state index contributed by atoms with van der Waals surface area (Å²) in [6, 6.07) is 0. The molecule has 0 rings (SSSR count). The van der Waals surface area contributed by atoms with Crippen molar-refractivity contribution in [1.29, 1.82) is 0 Å². The fraction of sp³-hybridized carbons (Fsp3) is 0.625. The number of hydrogen-bond donors (Lipinski definition) is 1. The summed E-state index contributed by atoms with van der Waals surface area (Å²) in [5.74, 6) is -0.550. The molecule has 0 aromatic rings. The summed E-state index contributed by atoms with van der Waals surface area (Å²) in [6.07, 6.45) is 0.404. The van der Waals surface area contributed by atoms with E-state index in [9.17, 15) is 9.90 Å². The number of hydrogen-bond acceptors (Lipinski definition) is 3. The maximum absolute atomic E-state index is 10.7. The van der Waals surface area contributed by atoms with Crippen molar-refractivity contribution in [3.8, 4) is 0 Å². The molecule has 0 heterocycles. The van der Waals surface area contributed by atoms with Gasteiger partial charge in [-0.15, -0.1) is 11.6 Å². The zero-order valence-corrected chi connectivity index (χ0v) is 7.97. The Morgan fingerprint density at radius 3 is 2.75 bits per heavy atom. The Morgan fingerprint density at radius 1 is 1.92 bits per heavy atom. The molecule has 0 aliphatic heterocycles. The Bertz CT molecular complexity index is 177. The van der Waals surface area contributed by atoms with Crippen molar-refractivity contribution in [1.82, 2.24) is 0 Å². The number of alkyl halides is 1. The summed E-state index contributed by atoms with van der Waals surface area (Å²) in [4.78, 5) is 10.7. The lowest BCUT2D eigenvalue weighted by Gasteiger charge is -2.26. The Kier molecular flexibility index (Phi) is 4.28. The molecule has 2 unspecified atom stereocenters. The molecule has 0 aliphatic rings. The Labute approximate surface area is 77.0 Å². The third kappa shape index (κ3) is 3.24. The molecular formula is C8H13ClO3. The summed E-state index contributed by atoms with van der Waals surface area (Å²) in [5, 5.41) is 9.49. The number of ether oxygens (including phenoxy) is 1. The smallest absolute Gasteiger partial charge is 0.330 e. The van der Waals surface area contributed by atoms with Crippen LogP contribution in [-0.2, 0) is 9.53 Å². The van der Waals surface area contributed by atoms with Crippen LogP contribution in [0.15, 0.2) is 12.7 Å². The van der Waals surface area contributed by atoms with Gasteiger partial charge in [0.15, 0.2) is 0 Å². The number of carbonyl (C=O) groups excluding carboxylic acids is 1. The quantitative estimate of drug-likeness (QED) is 0.412. The van der Waals surface area contributed by atoms with Gasteiger partial charge in [-0.05, 0) is 13.8 Å². The summed E-state index contributed by atoms with van der Waals surface area (Å²) in [6.45, 7) is 6.31. The average Bonchev–Trinajstić information content (AvgIpc) is 2.04. The molecule has 12 heavy (non-hydrogen) atoms. The number of esters is 1. The Morgan fingerprint density at radius 2 is 2.42 bits per heavy atom. The highest BCUT2D eigenvalue weighted by Gasteiger charge is 2.29. The van der Waals surface area contributed by atoms with Gasteiger partial charge in [-0.2, -0.15) is 0 Å². The third-order valence-electron chi connectivity index (χ3n) is 1.61. The number of aliphatic hydroxyl groups is 1. The van der Waals surface area contributed by atoms with E-state index < -0.39 is 17.7 Å². The largest absolute Gasteiger partial charge is 0.456 e. The van der Waals surface area contributed by atoms with Gasteiger partial charge in [0.25, 0.3) is 0 Å². The molecule has 0 fully saturated rings. The lowest BCUT2D eigenvalue weighted by molar-refractivity contribution is -0.153. The lowest BCUT2D eigenvalue weighted by Crippen LogP contribution is -2.41. The van der Waals surface area contributed by atoms with Crippen molar-refractivity contribution in [3.05, 3.63) is 12.7 Å². The van der Waals surface area contributed by atoms with Gasteiger partial charge in [0, 0.05) is 6.08 Å².